The highest BCUT2D eigenvalue weighted by atomic mass is 35.5. The Morgan fingerprint density at radius 3 is 2.31 bits per heavy atom. The van der Waals surface area contributed by atoms with Gasteiger partial charge >= 0.3 is 5.97 Å². The lowest BCUT2D eigenvalue weighted by Crippen LogP contribution is -2.25. The second-order valence-electron chi connectivity index (χ2n) is 3.78. The van der Waals surface area contributed by atoms with Gasteiger partial charge in [-0.1, -0.05) is 5.16 Å². The summed E-state index contributed by atoms with van der Waals surface area (Å²) >= 11 is 5.91. The lowest BCUT2D eigenvalue weighted by molar-refractivity contribution is -0.130. The molecule has 0 heterocycles. The molecule has 16 heavy (non-hydrogen) atoms. The molecule has 1 saturated carbocycles. The van der Waals surface area contributed by atoms with Crippen LogP contribution in [0.2, 0.25) is 0 Å². The average molecular weight is 248 g/mol. The molecule has 1 fully saturated rings. The van der Waals surface area contributed by atoms with Crippen molar-refractivity contribution >= 4 is 29.1 Å². The average Bonchev–Trinajstić information content (AvgIpc) is 2.20. The van der Waals surface area contributed by atoms with E-state index >= 15 is 0 Å². The van der Waals surface area contributed by atoms with Crippen molar-refractivity contribution in [3.63, 3.8) is 0 Å². The molecule has 5 nitrogen and oxygen atoms in total. The number of ketones is 1. The van der Waals surface area contributed by atoms with Crippen molar-refractivity contribution in [3.05, 3.63) is 0 Å². The number of alkyl halides is 1. The number of rotatable bonds is 4. The first-order valence-electron chi connectivity index (χ1n) is 5.12. The Morgan fingerprint density at radius 2 is 1.88 bits per heavy atom. The van der Waals surface area contributed by atoms with Gasteiger partial charge in [-0.2, -0.15) is 0 Å². The zero-order chi connectivity index (χ0) is 12.1. The minimum Gasteiger partial charge on any atom is -0.476 e. The van der Waals surface area contributed by atoms with Gasteiger partial charge in [-0.3, -0.25) is 4.79 Å². The zero-order valence-corrected chi connectivity index (χ0v) is 9.74. The zero-order valence-electron chi connectivity index (χ0n) is 8.98. The minimum atomic E-state index is -1.36. The molecule has 0 aromatic carbocycles. The standard InChI is InChI=1S/C10H14ClNO4/c1-6(13)9(10(14)15)12-16-8-4-2-7(11)3-5-8/h7-8H,2-5H2,1H3,(H,14,15)/t7-,8-. The Hall–Kier alpha value is -1.10. The lowest BCUT2D eigenvalue weighted by atomic mass is 9.97. The van der Waals surface area contributed by atoms with E-state index in [1.165, 1.54) is 0 Å². The van der Waals surface area contributed by atoms with Crippen molar-refractivity contribution in [2.45, 2.75) is 44.1 Å². The number of aliphatic carboxylic acids is 1. The third-order valence-electron chi connectivity index (χ3n) is 2.43. The van der Waals surface area contributed by atoms with E-state index in [2.05, 4.69) is 5.16 Å². The SMILES string of the molecule is CC(=O)C(=NO[C@H]1CC[C@H](Cl)CC1)C(=O)O. The highest BCUT2D eigenvalue weighted by molar-refractivity contribution is 6.63. The molecule has 0 saturated heterocycles. The molecule has 0 aliphatic heterocycles. The number of halogens is 1. The summed E-state index contributed by atoms with van der Waals surface area (Å²) in [4.78, 5) is 26.6. The predicted molar refractivity (Wildman–Crippen MR) is 58.7 cm³/mol. The molecule has 0 amide bonds. The number of Topliss-reactive ketones (excluding diaryl/α,β-unsaturated/α-hetero) is 1. The molecule has 0 radical (unpaired) electrons. The van der Waals surface area contributed by atoms with Crippen LogP contribution < -0.4 is 0 Å². The van der Waals surface area contributed by atoms with E-state index in [1.807, 2.05) is 0 Å². The van der Waals surface area contributed by atoms with Gasteiger partial charge in [0.2, 0.25) is 5.71 Å². The first-order valence-corrected chi connectivity index (χ1v) is 5.56. The van der Waals surface area contributed by atoms with Crippen LogP contribution in [0, 0.1) is 0 Å². The fraction of sp³-hybridized carbons (Fsp3) is 0.700. The summed E-state index contributed by atoms with van der Waals surface area (Å²) < 4.78 is 0. The van der Waals surface area contributed by atoms with Crippen LogP contribution in [-0.2, 0) is 14.4 Å². The molecule has 6 heteroatoms. The summed E-state index contributed by atoms with van der Waals surface area (Å²) in [5.74, 6) is -1.97. The monoisotopic (exact) mass is 247 g/mol. The molecule has 0 aromatic rings. The van der Waals surface area contributed by atoms with Crippen LogP contribution >= 0.6 is 11.6 Å². The Kier molecular flexibility index (Phi) is 4.73. The predicted octanol–water partition coefficient (Wildman–Crippen LogP) is 1.58. The van der Waals surface area contributed by atoms with Gasteiger partial charge in [0.05, 0.1) is 0 Å². The van der Waals surface area contributed by atoms with Crippen molar-refractivity contribution < 1.29 is 19.5 Å². The molecule has 0 unspecified atom stereocenters. The Labute approximate surface area is 98.4 Å². The van der Waals surface area contributed by atoms with E-state index in [9.17, 15) is 9.59 Å². The van der Waals surface area contributed by atoms with Crippen LogP contribution in [0.25, 0.3) is 0 Å². The molecular formula is C10H14ClNO4. The third-order valence-corrected chi connectivity index (χ3v) is 2.87. The molecule has 1 aliphatic rings. The Morgan fingerprint density at radius 1 is 1.31 bits per heavy atom. The maximum atomic E-state index is 10.9. The molecule has 90 valence electrons. The van der Waals surface area contributed by atoms with Gasteiger partial charge in [-0.05, 0) is 25.7 Å². The van der Waals surface area contributed by atoms with E-state index in [4.69, 9.17) is 21.5 Å². The van der Waals surface area contributed by atoms with E-state index in [-0.39, 0.29) is 11.5 Å². The molecule has 1 aliphatic carbocycles. The Balaban J connectivity index is 2.50. The molecular weight excluding hydrogens is 234 g/mol. The normalized spacial score (nSPS) is 26.2. The molecule has 1 rings (SSSR count). The fourth-order valence-corrected chi connectivity index (χ4v) is 1.76. The van der Waals surface area contributed by atoms with Crippen molar-refractivity contribution in [2.75, 3.05) is 0 Å². The highest BCUT2D eigenvalue weighted by Gasteiger charge is 2.22. The van der Waals surface area contributed by atoms with Crippen LogP contribution in [-0.4, -0.2) is 34.1 Å². The summed E-state index contributed by atoms with van der Waals surface area (Å²) in [7, 11) is 0. The second kappa shape index (κ2) is 5.84. The van der Waals surface area contributed by atoms with E-state index in [0.717, 1.165) is 32.6 Å². The number of hydrogen-bond donors (Lipinski definition) is 1. The minimum absolute atomic E-state index is 0.135. The van der Waals surface area contributed by atoms with Crippen LogP contribution in [0.15, 0.2) is 5.16 Å². The van der Waals surface area contributed by atoms with Gasteiger partial charge < -0.3 is 9.94 Å². The summed E-state index contributed by atoms with van der Waals surface area (Å²) in [6, 6.07) is 0. The summed E-state index contributed by atoms with van der Waals surface area (Å²) in [6.07, 6.45) is 2.99. The Bertz CT molecular complexity index is 292. The van der Waals surface area contributed by atoms with E-state index < -0.39 is 17.5 Å². The van der Waals surface area contributed by atoms with Gasteiger partial charge in [-0.25, -0.2) is 4.79 Å². The van der Waals surface area contributed by atoms with Crippen molar-refractivity contribution in [1.29, 1.82) is 0 Å². The number of oxime groups is 1. The smallest absolute Gasteiger partial charge is 0.361 e. The van der Waals surface area contributed by atoms with Crippen molar-refractivity contribution in [2.24, 2.45) is 5.16 Å². The molecule has 0 bridgehead atoms. The topological polar surface area (TPSA) is 76.0 Å². The number of hydrogen-bond acceptors (Lipinski definition) is 4. The quantitative estimate of drug-likeness (QED) is 0.354. The highest BCUT2D eigenvalue weighted by Crippen LogP contribution is 2.24. The van der Waals surface area contributed by atoms with Gasteiger partial charge in [0.15, 0.2) is 5.78 Å². The number of nitrogens with zero attached hydrogens (tertiary/aromatic N) is 1. The largest absolute Gasteiger partial charge is 0.476 e. The molecule has 0 atom stereocenters. The first kappa shape index (κ1) is 13.0. The maximum Gasteiger partial charge on any atom is 0.361 e. The summed E-state index contributed by atoms with van der Waals surface area (Å²) in [6.45, 7) is 1.14. The van der Waals surface area contributed by atoms with E-state index in [0.29, 0.717) is 0 Å². The molecule has 0 aromatic heterocycles. The number of carbonyl (C=O) groups is 2. The number of carbonyl (C=O) groups excluding carboxylic acids is 1. The van der Waals surface area contributed by atoms with Gasteiger partial charge in [0.25, 0.3) is 0 Å². The first-order chi connectivity index (χ1) is 7.50. The molecule has 1 N–H and O–H groups in total. The third kappa shape index (κ3) is 3.81. The maximum absolute atomic E-state index is 10.9. The summed E-state index contributed by atoms with van der Waals surface area (Å²) in [5, 5.41) is 12.2. The fourth-order valence-electron chi connectivity index (χ4n) is 1.51. The van der Waals surface area contributed by atoms with Gasteiger partial charge in [-0.15, -0.1) is 11.6 Å². The number of carboxylic acid groups (broad SMARTS) is 1. The van der Waals surface area contributed by atoms with Crippen LogP contribution in [0.4, 0.5) is 0 Å². The van der Waals surface area contributed by atoms with Crippen LogP contribution in [0.5, 0.6) is 0 Å². The lowest BCUT2D eigenvalue weighted by Gasteiger charge is -2.22. The van der Waals surface area contributed by atoms with Gasteiger partial charge in [0, 0.05) is 12.3 Å². The van der Waals surface area contributed by atoms with E-state index in [1.54, 1.807) is 0 Å². The molecule has 0 spiro atoms. The number of carboxylic acids is 1. The summed E-state index contributed by atoms with van der Waals surface area (Å²) in [5.41, 5.74) is -0.562. The van der Waals surface area contributed by atoms with Crippen molar-refractivity contribution in [1.82, 2.24) is 0 Å². The van der Waals surface area contributed by atoms with Crippen molar-refractivity contribution in [3.8, 4) is 0 Å². The van der Waals surface area contributed by atoms with Crippen LogP contribution in [0.3, 0.4) is 0 Å². The van der Waals surface area contributed by atoms with Crippen LogP contribution in [0.1, 0.15) is 32.6 Å². The van der Waals surface area contributed by atoms with Gasteiger partial charge in [0.1, 0.15) is 6.10 Å². The second-order valence-corrected chi connectivity index (χ2v) is 4.40.